The number of amides is 2. The Bertz CT molecular complexity index is 1210. The summed E-state index contributed by atoms with van der Waals surface area (Å²) in [6.07, 6.45) is 1.81. The third-order valence-electron chi connectivity index (χ3n) is 4.80. The number of nitrogens with two attached hydrogens (primary N) is 1. The lowest BCUT2D eigenvalue weighted by molar-refractivity contribution is -0.150. The van der Waals surface area contributed by atoms with Crippen molar-refractivity contribution in [1.29, 1.82) is 0 Å². The van der Waals surface area contributed by atoms with Crippen molar-refractivity contribution < 1.29 is 24.3 Å². The van der Waals surface area contributed by atoms with Crippen LogP contribution in [-0.2, 0) is 26.3 Å². The molecule has 1 saturated heterocycles. The number of carbonyl (C=O) groups excluding carboxylic acids is 2. The summed E-state index contributed by atoms with van der Waals surface area (Å²) < 4.78 is 1.47. The summed E-state index contributed by atoms with van der Waals surface area (Å²) in [7, 11) is 1.68. The van der Waals surface area contributed by atoms with E-state index >= 15 is 0 Å². The molecule has 18 heteroatoms. The average Bonchev–Trinajstić information content (AvgIpc) is 3.45. The van der Waals surface area contributed by atoms with E-state index in [0.717, 1.165) is 11.3 Å². The van der Waals surface area contributed by atoms with Crippen LogP contribution in [0.1, 0.15) is 5.69 Å². The van der Waals surface area contributed by atoms with Crippen LogP contribution in [0.15, 0.2) is 27.0 Å². The van der Waals surface area contributed by atoms with E-state index in [2.05, 4.69) is 31.0 Å². The van der Waals surface area contributed by atoms with Gasteiger partial charge >= 0.3 is 5.97 Å². The molecule has 35 heavy (non-hydrogen) atoms. The number of carbonyl (C=O) groups is 3. The topological polar surface area (TPSA) is 191 Å². The molecular formula is C17H19N9O5S4. The lowest BCUT2D eigenvalue weighted by atomic mass is 10.0. The highest BCUT2D eigenvalue weighted by Crippen LogP contribution is 2.41. The van der Waals surface area contributed by atoms with Crippen LogP contribution >= 0.6 is 46.6 Å². The first-order valence-electron chi connectivity index (χ1n) is 9.78. The molecular weight excluding hydrogens is 539 g/mol. The maximum absolute atomic E-state index is 13.0. The first kappa shape index (κ1) is 25.3. The van der Waals surface area contributed by atoms with Crippen molar-refractivity contribution in [3.63, 3.8) is 0 Å². The van der Waals surface area contributed by atoms with Gasteiger partial charge in [0.05, 0.1) is 0 Å². The molecule has 0 radical (unpaired) electrons. The number of tetrazole rings is 1. The van der Waals surface area contributed by atoms with Gasteiger partial charge < -0.3 is 21.0 Å². The minimum Gasteiger partial charge on any atom is -0.477 e. The van der Waals surface area contributed by atoms with E-state index in [9.17, 15) is 19.5 Å². The van der Waals surface area contributed by atoms with Crippen LogP contribution < -0.4 is 11.1 Å². The van der Waals surface area contributed by atoms with E-state index in [4.69, 9.17) is 10.6 Å². The van der Waals surface area contributed by atoms with Gasteiger partial charge in [0.15, 0.2) is 16.8 Å². The fraction of sp³-hybridized carbons (Fsp3) is 0.412. The number of anilines is 1. The van der Waals surface area contributed by atoms with Gasteiger partial charge in [-0.15, -0.1) is 40.0 Å². The van der Waals surface area contributed by atoms with Crippen molar-refractivity contribution in [1.82, 2.24) is 35.4 Å². The molecule has 14 nitrogen and oxygen atoms in total. The molecule has 4 rings (SSSR count). The van der Waals surface area contributed by atoms with Crippen molar-refractivity contribution in [2.75, 3.05) is 29.4 Å². The number of nitrogens with one attached hydrogen (secondary N) is 1. The molecule has 0 aliphatic carbocycles. The fourth-order valence-electron chi connectivity index (χ4n) is 3.24. The highest BCUT2D eigenvalue weighted by molar-refractivity contribution is 8.01. The maximum atomic E-state index is 13.0. The molecule has 2 aliphatic heterocycles. The fourth-order valence-corrected chi connectivity index (χ4v) is 6.28. The molecule has 0 saturated carbocycles. The minimum absolute atomic E-state index is 0.0867. The molecule has 2 atom stereocenters. The van der Waals surface area contributed by atoms with Crippen molar-refractivity contribution >= 4 is 75.2 Å². The van der Waals surface area contributed by atoms with Crippen molar-refractivity contribution in [2.24, 2.45) is 12.2 Å². The summed E-state index contributed by atoms with van der Waals surface area (Å²) in [4.78, 5) is 48.4. The summed E-state index contributed by atoms with van der Waals surface area (Å²) in [6, 6.07) is -0.930. The Labute approximate surface area is 215 Å². The Morgan fingerprint density at radius 2 is 2.26 bits per heavy atom. The number of rotatable bonds is 10. The van der Waals surface area contributed by atoms with Crippen LogP contribution in [0, 0.1) is 0 Å². The normalized spacial score (nSPS) is 19.9. The number of β-lactam (4-membered cyclic amide) rings is 1. The largest absolute Gasteiger partial charge is 0.477 e. The number of aliphatic carboxylic acids is 1. The number of thioether (sulfide) groups is 3. The number of aryl methyl sites for hydroxylation is 1. The summed E-state index contributed by atoms with van der Waals surface area (Å²) in [5.41, 5.74) is 6.25. The van der Waals surface area contributed by atoms with Gasteiger partial charge in [-0.2, -0.15) is 0 Å². The van der Waals surface area contributed by atoms with E-state index in [1.54, 1.807) is 12.4 Å². The number of nitrogen functional groups attached to an aromatic ring is 1. The van der Waals surface area contributed by atoms with Crippen molar-refractivity contribution in [2.45, 2.75) is 16.6 Å². The molecule has 4 heterocycles. The van der Waals surface area contributed by atoms with E-state index in [-0.39, 0.29) is 28.2 Å². The SMILES string of the molecule is CSCON=C(C(=O)NC1C(=O)N2C(C(=O)O)=C(CSc3nnnn3C)CS[C@@H]12)c1csc(N)n1. The predicted molar refractivity (Wildman–Crippen MR) is 132 cm³/mol. The zero-order valence-corrected chi connectivity index (χ0v) is 21.5. The molecule has 0 aromatic carbocycles. The number of oxime groups is 1. The molecule has 2 amide bonds. The quantitative estimate of drug-likeness (QED) is 0.0871. The standard InChI is InChI=1S/C17H19N9O5S4/c1-25-17(21-23-24-25)35-4-7-3-33-14-10(13(28)26(14)11(7)15(29)30)20-12(27)9(22-31-6-32-2)8-5-34-16(18)19-8/h5,10,14H,3-4,6H2,1-2H3,(H2,18,19)(H,20,27)(H,29,30)/t10?,14-/m0/s1. The summed E-state index contributed by atoms with van der Waals surface area (Å²) in [5.74, 6) is -1.55. The minimum atomic E-state index is -1.22. The van der Waals surface area contributed by atoms with Crippen LogP contribution in [0.4, 0.5) is 5.13 Å². The maximum Gasteiger partial charge on any atom is 0.352 e. The lowest BCUT2D eigenvalue weighted by Crippen LogP contribution is -2.71. The number of hydrogen-bond acceptors (Lipinski definition) is 14. The predicted octanol–water partition coefficient (Wildman–Crippen LogP) is -0.179. The lowest BCUT2D eigenvalue weighted by Gasteiger charge is -2.49. The molecule has 2 aromatic rings. The number of aromatic nitrogens is 5. The van der Waals surface area contributed by atoms with Crippen molar-refractivity contribution in [3.8, 4) is 0 Å². The average molecular weight is 558 g/mol. The Morgan fingerprint density at radius 1 is 1.46 bits per heavy atom. The number of carboxylic acids is 1. The molecule has 0 spiro atoms. The zero-order valence-electron chi connectivity index (χ0n) is 18.3. The monoisotopic (exact) mass is 557 g/mol. The number of thiazole rings is 1. The molecule has 186 valence electrons. The van der Waals surface area contributed by atoms with E-state index in [1.807, 2.05) is 6.26 Å². The Kier molecular flexibility index (Phi) is 7.82. The van der Waals surface area contributed by atoms with Gasteiger partial charge in [-0.25, -0.2) is 14.5 Å². The molecule has 0 bridgehead atoms. The number of nitrogens with zero attached hydrogens (tertiary/aromatic N) is 7. The highest BCUT2D eigenvalue weighted by Gasteiger charge is 2.54. The summed E-state index contributed by atoms with van der Waals surface area (Å²) in [5, 5.41) is 29.3. The van der Waals surface area contributed by atoms with Crippen LogP contribution in [0.25, 0.3) is 0 Å². The van der Waals surface area contributed by atoms with Gasteiger partial charge in [0, 0.05) is 23.9 Å². The third kappa shape index (κ3) is 5.24. The second-order valence-corrected chi connectivity index (χ2v) is 10.8. The third-order valence-corrected chi connectivity index (χ3v) is 8.25. The van der Waals surface area contributed by atoms with Gasteiger partial charge in [-0.05, 0) is 22.3 Å². The van der Waals surface area contributed by atoms with E-state index in [1.165, 1.54) is 44.9 Å². The summed E-state index contributed by atoms with van der Waals surface area (Å²) in [6.45, 7) is 0. The van der Waals surface area contributed by atoms with Gasteiger partial charge in [-0.1, -0.05) is 16.9 Å². The van der Waals surface area contributed by atoms with E-state index in [0.29, 0.717) is 22.2 Å². The van der Waals surface area contributed by atoms with Crippen molar-refractivity contribution in [3.05, 3.63) is 22.3 Å². The highest BCUT2D eigenvalue weighted by atomic mass is 32.2. The molecule has 2 aliphatic rings. The van der Waals surface area contributed by atoms with Crippen LogP contribution in [0.2, 0.25) is 0 Å². The first-order valence-corrected chi connectivity index (χ1v) is 14.1. The van der Waals surface area contributed by atoms with Crippen LogP contribution in [-0.4, -0.2) is 93.8 Å². The van der Waals surface area contributed by atoms with Gasteiger partial charge in [0.2, 0.25) is 5.16 Å². The molecule has 2 aromatic heterocycles. The Balaban J connectivity index is 1.49. The number of hydrogen-bond donors (Lipinski definition) is 3. The first-order chi connectivity index (χ1) is 16.8. The van der Waals surface area contributed by atoms with Crippen LogP contribution in [0.5, 0.6) is 0 Å². The second-order valence-electron chi connectivity index (χ2n) is 7.04. The second kappa shape index (κ2) is 10.8. The zero-order chi connectivity index (χ0) is 25.1. The van der Waals surface area contributed by atoms with E-state index < -0.39 is 29.2 Å². The van der Waals surface area contributed by atoms with Gasteiger partial charge in [-0.3, -0.25) is 14.5 Å². The van der Waals surface area contributed by atoms with Gasteiger partial charge in [0.1, 0.15) is 22.8 Å². The number of fused-ring (bicyclic) bond motifs is 1. The molecule has 4 N–H and O–H groups in total. The van der Waals surface area contributed by atoms with Gasteiger partial charge in [0.25, 0.3) is 11.8 Å². The Morgan fingerprint density at radius 3 is 2.89 bits per heavy atom. The van der Waals surface area contributed by atoms with Crippen LogP contribution in [0.3, 0.4) is 0 Å². The molecule has 1 unspecified atom stereocenters. The molecule has 1 fully saturated rings. The number of carboxylic acid groups (broad SMARTS) is 1. The Hall–Kier alpha value is -2.83. The summed E-state index contributed by atoms with van der Waals surface area (Å²) >= 11 is 5.13. The smallest absolute Gasteiger partial charge is 0.352 e.